The van der Waals surface area contributed by atoms with Crippen LogP contribution in [-0.4, -0.2) is 67.8 Å². The minimum atomic E-state index is -4.10. The van der Waals surface area contributed by atoms with E-state index in [0.717, 1.165) is 18.9 Å². The summed E-state index contributed by atoms with van der Waals surface area (Å²) >= 11 is 1.99. The van der Waals surface area contributed by atoms with Gasteiger partial charge in [0.15, 0.2) is 5.96 Å². The Morgan fingerprint density at radius 2 is 2.00 bits per heavy atom. The van der Waals surface area contributed by atoms with Crippen molar-refractivity contribution in [1.82, 2.24) is 15.5 Å². The Hall–Kier alpha value is 0.1000. The molecule has 0 aromatic rings. The quantitative estimate of drug-likeness (QED) is 0.371. The van der Waals surface area contributed by atoms with Crippen molar-refractivity contribution in [3.05, 3.63) is 0 Å². The zero-order valence-corrected chi connectivity index (χ0v) is 16.5. The number of likely N-dealkylation sites (tertiary alicyclic amines) is 1. The molecule has 2 aliphatic rings. The average molecular weight is 466 g/mol. The van der Waals surface area contributed by atoms with E-state index >= 15 is 0 Å². The summed E-state index contributed by atoms with van der Waals surface area (Å²) in [5.41, 5.74) is 0. The molecule has 2 fully saturated rings. The molecule has 2 unspecified atom stereocenters. The van der Waals surface area contributed by atoms with Gasteiger partial charge >= 0.3 is 6.18 Å². The van der Waals surface area contributed by atoms with Crippen molar-refractivity contribution in [3.8, 4) is 0 Å². The van der Waals surface area contributed by atoms with Crippen LogP contribution in [0.4, 0.5) is 13.2 Å². The van der Waals surface area contributed by atoms with Gasteiger partial charge in [-0.3, -0.25) is 9.89 Å². The van der Waals surface area contributed by atoms with Crippen molar-refractivity contribution in [3.63, 3.8) is 0 Å². The van der Waals surface area contributed by atoms with E-state index in [2.05, 4.69) is 15.6 Å². The van der Waals surface area contributed by atoms with Crippen LogP contribution in [0.1, 0.15) is 19.3 Å². The molecule has 9 heteroatoms. The van der Waals surface area contributed by atoms with Crippen LogP contribution in [-0.2, 0) is 0 Å². The molecule has 136 valence electrons. The molecule has 4 nitrogen and oxygen atoms in total. The van der Waals surface area contributed by atoms with Crippen LogP contribution in [0, 0.1) is 5.92 Å². The van der Waals surface area contributed by atoms with Crippen LogP contribution in [0.2, 0.25) is 0 Å². The molecule has 2 rings (SSSR count). The lowest BCUT2D eigenvalue weighted by molar-refractivity contribution is -0.143. The molecule has 23 heavy (non-hydrogen) atoms. The van der Waals surface area contributed by atoms with Gasteiger partial charge < -0.3 is 10.6 Å². The second-order valence-electron chi connectivity index (χ2n) is 5.97. The number of aliphatic imine (C=N–C) groups is 1. The van der Waals surface area contributed by atoms with E-state index in [-0.39, 0.29) is 29.9 Å². The first-order valence-corrected chi connectivity index (χ1v) is 8.86. The molecule has 2 aliphatic heterocycles. The van der Waals surface area contributed by atoms with Crippen LogP contribution in [0.25, 0.3) is 0 Å². The van der Waals surface area contributed by atoms with Gasteiger partial charge in [-0.2, -0.15) is 24.9 Å². The van der Waals surface area contributed by atoms with Crippen molar-refractivity contribution >= 4 is 41.7 Å². The Morgan fingerprint density at radius 1 is 1.26 bits per heavy atom. The highest BCUT2D eigenvalue weighted by Gasteiger charge is 2.34. The lowest BCUT2D eigenvalue weighted by Gasteiger charge is -2.19. The molecular weight excluding hydrogens is 440 g/mol. The molecule has 0 saturated carbocycles. The summed E-state index contributed by atoms with van der Waals surface area (Å²) in [4.78, 5) is 5.66. The van der Waals surface area contributed by atoms with Gasteiger partial charge in [0.25, 0.3) is 0 Å². The van der Waals surface area contributed by atoms with Gasteiger partial charge in [0, 0.05) is 31.9 Å². The van der Waals surface area contributed by atoms with Crippen LogP contribution in [0.15, 0.2) is 4.99 Å². The van der Waals surface area contributed by atoms with Gasteiger partial charge in [0.05, 0.1) is 6.54 Å². The van der Waals surface area contributed by atoms with Crippen molar-refractivity contribution in [1.29, 1.82) is 0 Å². The topological polar surface area (TPSA) is 39.7 Å². The maximum atomic E-state index is 12.4. The molecule has 2 saturated heterocycles. The molecule has 0 radical (unpaired) electrons. The first-order chi connectivity index (χ1) is 10.5. The van der Waals surface area contributed by atoms with Gasteiger partial charge in [0.1, 0.15) is 0 Å². The molecule has 2 heterocycles. The third kappa shape index (κ3) is 8.15. The number of rotatable bonds is 5. The Labute approximate surface area is 157 Å². The maximum absolute atomic E-state index is 12.4. The molecule has 0 bridgehead atoms. The Bertz CT molecular complexity index is 376. The summed E-state index contributed by atoms with van der Waals surface area (Å²) in [6.45, 7) is 1.80. The second kappa shape index (κ2) is 10.2. The van der Waals surface area contributed by atoms with E-state index < -0.39 is 12.7 Å². The summed E-state index contributed by atoms with van der Waals surface area (Å²) in [7, 11) is 1.72. The molecular formula is C14H26F3IN4S. The van der Waals surface area contributed by atoms with E-state index in [1.165, 1.54) is 23.5 Å². The predicted molar refractivity (Wildman–Crippen MR) is 101 cm³/mol. The van der Waals surface area contributed by atoms with Crippen LogP contribution in [0.3, 0.4) is 0 Å². The fourth-order valence-corrected chi connectivity index (χ4v) is 4.16. The van der Waals surface area contributed by atoms with Gasteiger partial charge in [-0.25, -0.2) is 0 Å². The molecule has 0 aromatic heterocycles. The number of nitrogens with one attached hydrogen (secondary N) is 2. The van der Waals surface area contributed by atoms with E-state index in [4.69, 9.17) is 0 Å². The number of hydrogen-bond donors (Lipinski definition) is 2. The number of hydrogen-bond acceptors (Lipinski definition) is 3. The lowest BCUT2D eigenvalue weighted by atomic mass is 10.1. The monoisotopic (exact) mass is 466 g/mol. The first-order valence-electron chi connectivity index (χ1n) is 7.81. The number of alkyl halides is 3. The molecule has 2 N–H and O–H groups in total. The fourth-order valence-electron chi connectivity index (χ4n) is 2.95. The standard InChI is InChI=1S/C14H25F3N4S.HI/c1-18-13(20-8-12-3-2-6-22-12)19-7-11-4-5-21(9-11)10-14(15,16)17;/h11-12H,2-10H2,1H3,(H2,18,19,20);1H. The minimum Gasteiger partial charge on any atom is -0.356 e. The maximum Gasteiger partial charge on any atom is 0.401 e. The fraction of sp³-hybridized carbons (Fsp3) is 0.929. The molecule has 0 aromatic carbocycles. The molecule has 0 aliphatic carbocycles. The summed E-state index contributed by atoms with van der Waals surface area (Å²) in [5.74, 6) is 2.23. The van der Waals surface area contributed by atoms with Crippen molar-refractivity contribution in [2.75, 3.05) is 45.5 Å². The zero-order chi connectivity index (χ0) is 16.0. The Morgan fingerprint density at radius 3 is 2.61 bits per heavy atom. The molecule has 0 spiro atoms. The highest BCUT2D eigenvalue weighted by Crippen LogP contribution is 2.25. The van der Waals surface area contributed by atoms with Gasteiger partial charge in [-0.15, -0.1) is 24.0 Å². The number of halogens is 4. The van der Waals surface area contributed by atoms with Crippen molar-refractivity contribution < 1.29 is 13.2 Å². The average Bonchev–Trinajstić information content (AvgIpc) is 3.09. The second-order valence-corrected chi connectivity index (χ2v) is 7.38. The first kappa shape index (κ1) is 21.1. The highest BCUT2D eigenvalue weighted by molar-refractivity contribution is 14.0. The van der Waals surface area contributed by atoms with E-state index in [1.807, 2.05) is 11.8 Å². The summed E-state index contributed by atoms with van der Waals surface area (Å²) in [5, 5.41) is 7.20. The van der Waals surface area contributed by atoms with Crippen LogP contribution < -0.4 is 10.6 Å². The molecule has 0 amide bonds. The van der Waals surface area contributed by atoms with E-state index in [0.29, 0.717) is 24.9 Å². The summed E-state index contributed by atoms with van der Waals surface area (Å²) < 4.78 is 37.1. The number of guanidine groups is 1. The van der Waals surface area contributed by atoms with E-state index in [9.17, 15) is 13.2 Å². The summed E-state index contributed by atoms with van der Waals surface area (Å²) in [6.07, 6.45) is -0.777. The SMILES string of the molecule is CN=C(NCC1CCN(CC(F)(F)F)C1)NCC1CCCS1.I. The zero-order valence-electron chi connectivity index (χ0n) is 13.4. The highest BCUT2D eigenvalue weighted by atomic mass is 127. The third-order valence-electron chi connectivity index (χ3n) is 4.08. The minimum absolute atomic E-state index is 0. The third-order valence-corrected chi connectivity index (χ3v) is 5.47. The summed E-state index contributed by atoms with van der Waals surface area (Å²) in [6, 6.07) is 0. The van der Waals surface area contributed by atoms with E-state index in [1.54, 1.807) is 7.05 Å². The Kier molecular flexibility index (Phi) is 9.35. The van der Waals surface area contributed by atoms with Crippen LogP contribution in [0.5, 0.6) is 0 Å². The lowest BCUT2D eigenvalue weighted by Crippen LogP contribution is -2.42. The normalized spacial score (nSPS) is 26.2. The van der Waals surface area contributed by atoms with Gasteiger partial charge in [-0.1, -0.05) is 0 Å². The number of nitrogens with zero attached hydrogens (tertiary/aromatic N) is 2. The largest absolute Gasteiger partial charge is 0.401 e. The van der Waals surface area contributed by atoms with Crippen molar-refractivity contribution in [2.24, 2.45) is 10.9 Å². The smallest absolute Gasteiger partial charge is 0.356 e. The Balaban J connectivity index is 0.00000264. The van der Waals surface area contributed by atoms with Crippen molar-refractivity contribution in [2.45, 2.75) is 30.7 Å². The van der Waals surface area contributed by atoms with Gasteiger partial charge in [-0.05, 0) is 37.5 Å². The van der Waals surface area contributed by atoms with Crippen LogP contribution >= 0.6 is 35.7 Å². The number of thioether (sulfide) groups is 1. The van der Waals surface area contributed by atoms with Gasteiger partial charge in [0.2, 0.25) is 0 Å². The predicted octanol–water partition coefficient (Wildman–Crippen LogP) is 2.55. The molecule has 2 atom stereocenters.